The van der Waals surface area contributed by atoms with Gasteiger partial charge < -0.3 is 9.64 Å². The van der Waals surface area contributed by atoms with E-state index in [2.05, 4.69) is 37.3 Å². The third-order valence-corrected chi connectivity index (χ3v) is 5.80. The lowest BCUT2D eigenvalue weighted by Gasteiger charge is -2.28. The average Bonchev–Trinajstić information content (AvgIpc) is 3.26. The first-order valence-electron chi connectivity index (χ1n) is 10.9. The fourth-order valence-corrected chi connectivity index (χ4v) is 3.90. The van der Waals surface area contributed by atoms with Crippen LogP contribution in [0, 0.1) is 0 Å². The lowest BCUT2D eigenvalue weighted by Crippen LogP contribution is -2.35. The minimum Gasteiger partial charge on any atom is -0.474 e. The molecule has 4 aromatic rings. The highest BCUT2D eigenvalue weighted by molar-refractivity contribution is 6.03. The fourth-order valence-electron chi connectivity index (χ4n) is 3.90. The third kappa shape index (κ3) is 4.83. The van der Waals surface area contributed by atoms with Crippen molar-refractivity contribution in [3.63, 3.8) is 0 Å². The number of carbonyl (C=O) groups excluding carboxylic acids is 1. The van der Waals surface area contributed by atoms with Gasteiger partial charge in [-0.2, -0.15) is 5.10 Å². The highest BCUT2D eigenvalue weighted by Crippen LogP contribution is 2.24. The number of nitrogens with one attached hydrogen (secondary N) is 1. The highest BCUT2D eigenvalue weighted by Gasteiger charge is 2.19. The second-order valence-electron chi connectivity index (χ2n) is 8.33. The molecule has 1 aliphatic heterocycles. The van der Waals surface area contributed by atoms with Crippen LogP contribution in [0.1, 0.15) is 23.2 Å². The predicted molar refractivity (Wildman–Crippen MR) is 125 cm³/mol. The number of fused-ring (bicyclic) bond motifs is 1. The van der Waals surface area contributed by atoms with E-state index in [4.69, 9.17) is 4.74 Å². The number of hydrogen-bond acceptors (Lipinski definition) is 7. The van der Waals surface area contributed by atoms with Gasteiger partial charge in [0.05, 0.1) is 11.7 Å². The molecule has 0 bridgehead atoms. The number of aromatic nitrogens is 5. The average molecular weight is 444 g/mol. The van der Waals surface area contributed by atoms with E-state index in [1.54, 1.807) is 35.4 Å². The SMILES string of the molecule is CN1CCC(Oc2cc(C(=O)Nc3ncc4ccc(-c5cnn(C)c5)cc4n3)ccn2)CC1. The van der Waals surface area contributed by atoms with Gasteiger partial charge in [0.2, 0.25) is 11.8 Å². The summed E-state index contributed by atoms with van der Waals surface area (Å²) in [5.74, 6) is 0.386. The molecule has 3 aromatic heterocycles. The fraction of sp³-hybridized carbons (Fsp3) is 0.292. The van der Waals surface area contributed by atoms with E-state index in [1.165, 1.54) is 0 Å². The monoisotopic (exact) mass is 443 g/mol. The molecule has 9 nitrogen and oxygen atoms in total. The van der Waals surface area contributed by atoms with Gasteiger partial charge in [0.25, 0.3) is 5.91 Å². The van der Waals surface area contributed by atoms with Gasteiger partial charge in [-0.15, -0.1) is 0 Å². The van der Waals surface area contributed by atoms with Gasteiger partial charge in [-0.05, 0) is 37.6 Å². The van der Waals surface area contributed by atoms with Gasteiger partial charge in [-0.1, -0.05) is 12.1 Å². The van der Waals surface area contributed by atoms with E-state index < -0.39 is 0 Å². The van der Waals surface area contributed by atoms with Crippen LogP contribution in [-0.4, -0.2) is 61.8 Å². The smallest absolute Gasteiger partial charge is 0.258 e. The zero-order chi connectivity index (χ0) is 22.8. The molecule has 1 saturated heterocycles. The Morgan fingerprint density at radius 1 is 1.06 bits per heavy atom. The molecule has 5 rings (SSSR count). The van der Waals surface area contributed by atoms with Crippen molar-refractivity contribution in [2.75, 3.05) is 25.5 Å². The summed E-state index contributed by atoms with van der Waals surface area (Å²) in [5, 5.41) is 7.89. The van der Waals surface area contributed by atoms with Crippen LogP contribution in [0.2, 0.25) is 0 Å². The number of rotatable bonds is 5. The normalized spacial score (nSPS) is 15.0. The van der Waals surface area contributed by atoms with Gasteiger partial charge in [0.1, 0.15) is 6.10 Å². The van der Waals surface area contributed by atoms with Crippen molar-refractivity contribution in [2.24, 2.45) is 7.05 Å². The van der Waals surface area contributed by atoms with E-state index in [1.807, 2.05) is 31.4 Å². The minimum atomic E-state index is -0.312. The molecule has 1 aromatic carbocycles. The largest absolute Gasteiger partial charge is 0.474 e. The number of pyridine rings is 1. The van der Waals surface area contributed by atoms with Crippen molar-refractivity contribution < 1.29 is 9.53 Å². The van der Waals surface area contributed by atoms with Crippen LogP contribution in [0.25, 0.3) is 22.0 Å². The first kappa shape index (κ1) is 21.0. The summed E-state index contributed by atoms with van der Waals surface area (Å²) >= 11 is 0. The van der Waals surface area contributed by atoms with Crippen molar-refractivity contribution in [3.05, 3.63) is 60.7 Å². The lowest BCUT2D eigenvalue weighted by atomic mass is 10.1. The molecule has 1 fully saturated rings. The van der Waals surface area contributed by atoms with E-state index >= 15 is 0 Å². The number of piperidine rings is 1. The highest BCUT2D eigenvalue weighted by atomic mass is 16.5. The number of likely N-dealkylation sites (tertiary alicyclic amines) is 1. The van der Waals surface area contributed by atoms with Crippen LogP contribution in [-0.2, 0) is 7.05 Å². The molecule has 0 unspecified atom stereocenters. The number of benzene rings is 1. The molecule has 0 spiro atoms. The second kappa shape index (κ2) is 8.95. The Hall–Kier alpha value is -3.85. The van der Waals surface area contributed by atoms with Gasteiger partial charge in [0, 0.05) is 61.3 Å². The van der Waals surface area contributed by atoms with Crippen LogP contribution in [0.4, 0.5) is 5.95 Å². The first-order chi connectivity index (χ1) is 16.0. The maximum absolute atomic E-state index is 12.8. The van der Waals surface area contributed by atoms with Crippen molar-refractivity contribution in [3.8, 4) is 17.0 Å². The van der Waals surface area contributed by atoms with Crippen LogP contribution in [0.3, 0.4) is 0 Å². The van der Waals surface area contributed by atoms with Crippen molar-refractivity contribution in [1.29, 1.82) is 0 Å². The van der Waals surface area contributed by atoms with Gasteiger partial charge in [-0.3, -0.25) is 14.8 Å². The molecule has 0 atom stereocenters. The lowest BCUT2D eigenvalue weighted by molar-refractivity contribution is 0.101. The molecule has 168 valence electrons. The second-order valence-corrected chi connectivity index (χ2v) is 8.33. The zero-order valence-electron chi connectivity index (χ0n) is 18.6. The summed E-state index contributed by atoms with van der Waals surface area (Å²) in [7, 11) is 3.98. The molecule has 4 heterocycles. The zero-order valence-corrected chi connectivity index (χ0v) is 18.6. The van der Waals surface area contributed by atoms with Crippen molar-refractivity contribution in [2.45, 2.75) is 18.9 Å². The predicted octanol–water partition coefficient (Wildman–Crippen LogP) is 3.15. The summed E-state index contributed by atoms with van der Waals surface area (Å²) in [6.07, 6.45) is 9.04. The number of hydrogen-bond donors (Lipinski definition) is 1. The molecule has 1 N–H and O–H groups in total. The number of ether oxygens (including phenoxy) is 1. The van der Waals surface area contributed by atoms with Crippen LogP contribution < -0.4 is 10.1 Å². The van der Waals surface area contributed by atoms with E-state index in [9.17, 15) is 4.79 Å². The molecule has 0 saturated carbocycles. The number of aryl methyl sites for hydroxylation is 1. The van der Waals surface area contributed by atoms with Gasteiger partial charge in [0.15, 0.2) is 0 Å². The van der Waals surface area contributed by atoms with E-state index in [0.717, 1.165) is 48.0 Å². The van der Waals surface area contributed by atoms with Crippen LogP contribution in [0.5, 0.6) is 5.88 Å². The maximum Gasteiger partial charge on any atom is 0.258 e. The van der Waals surface area contributed by atoms with Gasteiger partial charge >= 0.3 is 0 Å². The summed E-state index contributed by atoms with van der Waals surface area (Å²) in [6.45, 7) is 1.99. The minimum absolute atomic E-state index is 0.116. The van der Waals surface area contributed by atoms with Gasteiger partial charge in [-0.25, -0.2) is 15.0 Å². The molecule has 1 amide bonds. The molecule has 33 heavy (non-hydrogen) atoms. The first-order valence-corrected chi connectivity index (χ1v) is 10.9. The Morgan fingerprint density at radius 2 is 1.91 bits per heavy atom. The third-order valence-electron chi connectivity index (χ3n) is 5.80. The maximum atomic E-state index is 12.8. The molecule has 1 aliphatic rings. The number of nitrogens with zero attached hydrogens (tertiary/aromatic N) is 6. The van der Waals surface area contributed by atoms with E-state index in [0.29, 0.717) is 11.4 Å². The topological polar surface area (TPSA) is 98.1 Å². The Bertz CT molecular complexity index is 1290. The Morgan fingerprint density at radius 3 is 2.70 bits per heavy atom. The molecular weight excluding hydrogens is 418 g/mol. The summed E-state index contributed by atoms with van der Waals surface area (Å²) in [6, 6.07) is 9.24. The Labute approximate surface area is 191 Å². The molecule has 0 radical (unpaired) electrons. The number of carbonyl (C=O) groups is 1. The Kier molecular flexibility index (Phi) is 5.70. The van der Waals surface area contributed by atoms with Crippen LogP contribution in [0.15, 0.2) is 55.1 Å². The number of amides is 1. The van der Waals surface area contributed by atoms with Crippen molar-refractivity contribution in [1.82, 2.24) is 29.6 Å². The Balaban J connectivity index is 1.31. The molecular formula is C24H25N7O2. The standard InChI is InChI=1S/C24H25N7O2/c1-30-9-6-20(7-10-30)33-22-12-17(5-8-25-22)23(32)29-24-26-13-18-4-3-16(11-21(18)28-24)19-14-27-31(2)15-19/h3-5,8,11-15,20H,6-7,9-10H2,1-2H3,(H,26,28,29,32). The molecule has 0 aliphatic carbocycles. The summed E-state index contributed by atoms with van der Waals surface area (Å²) in [4.78, 5) is 28.2. The van der Waals surface area contributed by atoms with Crippen LogP contribution >= 0.6 is 0 Å². The number of anilines is 1. The van der Waals surface area contributed by atoms with E-state index in [-0.39, 0.29) is 18.0 Å². The quantitative estimate of drug-likeness (QED) is 0.506. The summed E-state index contributed by atoms with van der Waals surface area (Å²) < 4.78 is 7.76. The molecule has 9 heteroatoms. The summed E-state index contributed by atoms with van der Waals surface area (Å²) in [5.41, 5.74) is 3.18. The van der Waals surface area contributed by atoms with Crippen molar-refractivity contribution >= 4 is 22.8 Å².